The molecule has 0 bridgehead atoms. The molecule has 0 spiro atoms. The first kappa shape index (κ1) is 18.4. The highest BCUT2D eigenvalue weighted by Crippen LogP contribution is 2.21. The van der Waals surface area contributed by atoms with Gasteiger partial charge in [0.2, 0.25) is 10.0 Å². The highest BCUT2D eigenvalue weighted by Gasteiger charge is 2.25. The first-order valence-corrected chi connectivity index (χ1v) is 8.20. The van der Waals surface area contributed by atoms with Crippen LogP contribution in [0.4, 0.5) is 0 Å². The van der Waals surface area contributed by atoms with E-state index in [1.54, 1.807) is 13.8 Å². The van der Waals surface area contributed by atoms with E-state index in [2.05, 4.69) is 0 Å². The van der Waals surface area contributed by atoms with E-state index < -0.39 is 44.4 Å². The van der Waals surface area contributed by atoms with Crippen LogP contribution >= 0.6 is 11.6 Å². The molecular formula is C13H14ClNO6S-2. The Balaban J connectivity index is 3.21. The number of halogens is 1. The van der Waals surface area contributed by atoms with Crippen molar-refractivity contribution < 1.29 is 28.2 Å². The molecule has 122 valence electrons. The van der Waals surface area contributed by atoms with Crippen molar-refractivity contribution in [1.29, 1.82) is 0 Å². The zero-order chi connectivity index (χ0) is 17.1. The van der Waals surface area contributed by atoms with E-state index in [1.165, 1.54) is 0 Å². The Hall–Kier alpha value is -1.64. The van der Waals surface area contributed by atoms with Crippen molar-refractivity contribution in [2.75, 3.05) is 0 Å². The van der Waals surface area contributed by atoms with Gasteiger partial charge in [0.1, 0.15) is 0 Å². The Labute approximate surface area is 133 Å². The molecule has 1 aromatic carbocycles. The molecule has 0 aliphatic rings. The van der Waals surface area contributed by atoms with E-state index >= 15 is 0 Å². The number of carbonyl (C=O) groups is 2. The first-order chi connectivity index (χ1) is 10.1. The molecule has 0 saturated heterocycles. The average molecular weight is 348 g/mol. The monoisotopic (exact) mass is 347 g/mol. The van der Waals surface area contributed by atoms with Crippen molar-refractivity contribution in [2.45, 2.75) is 31.2 Å². The predicted octanol–water partition coefficient (Wildman–Crippen LogP) is -0.854. The third-order valence-electron chi connectivity index (χ3n) is 3.22. The molecule has 0 saturated carbocycles. The van der Waals surface area contributed by atoms with Gasteiger partial charge in [-0.3, -0.25) is 0 Å². The molecular weight excluding hydrogens is 334 g/mol. The lowest BCUT2D eigenvalue weighted by molar-refractivity contribution is -0.309. The SMILES string of the molecule is CC[C@@H](C)[C@@H](NS(=O)(=O)c1ccc(Cl)c(C(=O)[O-])c1)C(=O)[O-]. The van der Waals surface area contributed by atoms with Crippen molar-refractivity contribution in [1.82, 2.24) is 4.72 Å². The minimum atomic E-state index is -4.25. The number of rotatable bonds is 7. The maximum absolute atomic E-state index is 12.2. The number of carbonyl (C=O) groups excluding carboxylic acids is 2. The fraction of sp³-hybridized carbons (Fsp3) is 0.385. The Morgan fingerprint density at radius 1 is 1.32 bits per heavy atom. The maximum Gasteiger partial charge on any atom is 0.241 e. The van der Waals surface area contributed by atoms with Crippen LogP contribution in [0.5, 0.6) is 0 Å². The van der Waals surface area contributed by atoms with E-state index in [1.807, 2.05) is 4.72 Å². The fourth-order valence-corrected chi connectivity index (χ4v) is 3.21. The number of hydrogen-bond donors (Lipinski definition) is 1. The van der Waals surface area contributed by atoms with Crippen LogP contribution in [0.15, 0.2) is 23.1 Å². The molecule has 22 heavy (non-hydrogen) atoms. The summed E-state index contributed by atoms with van der Waals surface area (Å²) < 4.78 is 26.4. The lowest BCUT2D eigenvalue weighted by Gasteiger charge is -2.25. The number of benzene rings is 1. The molecule has 1 aromatic rings. The second-order valence-electron chi connectivity index (χ2n) is 4.73. The first-order valence-electron chi connectivity index (χ1n) is 6.34. The zero-order valence-corrected chi connectivity index (χ0v) is 13.4. The summed E-state index contributed by atoms with van der Waals surface area (Å²) in [5.74, 6) is -3.71. The van der Waals surface area contributed by atoms with Gasteiger partial charge in [0.25, 0.3) is 0 Å². The molecule has 0 fully saturated rings. The number of aromatic carboxylic acids is 1. The summed E-state index contributed by atoms with van der Waals surface area (Å²) in [6, 6.07) is 1.53. The van der Waals surface area contributed by atoms with Crippen molar-refractivity contribution >= 4 is 33.6 Å². The van der Waals surface area contributed by atoms with E-state index in [-0.39, 0.29) is 5.02 Å². The Kier molecular flexibility index (Phi) is 5.92. The molecule has 0 heterocycles. The molecule has 0 aromatic heterocycles. The molecule has 0 amide bonds. The second-order valence-corrected chi connectivity index (χ2v) is 6.85. The van der Waals surface area contributed by atoms with Crippen LogP contribution in [0, 0.1) is 5.92 Å². The molecule has 2 atom stereocenters. The van der Waals surface area contributed by atoms with E-state index in [0.717, 1.165) is 18.2 Å². The minimum absolute atomic E-state index is 0.183. The number of nitrogens with one attached hydrogen (secondary N) is 1. The van der Waals surface area contributed by atoms with Crippen molar-refractivity contribution in [3.63, 3.8) is 0 Å². The van der Waals surface area contributed by atoms with Gasteiger partial charge < -0.3 is 19.8 Å². The van der Waals surface area contributed by atoms with Crippen LogP contribution in [0.3, 0.4) is 0 Å². The molecule has 1 rings (SSSR count). The molecule has 1 N–H and O–H groups in total. The number of carboxylic acid groups (broad SMARTS) is 2. The number of sulfonamides is 1. The van der Waals surface area contributed by atoms with Crippen LogP contribution < -0.4 is 14.9 Å². The summed E-state index contributed by atoms with van der Waals surface area (Å²) in [5.41, 5.74) is -0.502. The summed E-state index contributed by atoms with van der Waals surface area (Å²) in [4.78, 5) is 21.5. The van der Waals surface area contributed by atoms with Crippen LogP contribution in [-0.4, -0.2) is 26.4 Å². The molecule has 0 unspecified atom stereocenters. The number of hydrogen-bond acceptors (Lipinski definition) is 6. The lowest BCUT2D eigenvalue weighted by atomic mass is 10.0. The maximum atomic E-state index is 12.2. The van der Waals surface area contributed by atoms with E-state index in [4.69, 9.17) is 11.6 Å². The quantitative estimate of drug-likeness (QED) is 0.684. The number of carboxylic acids is 2. The third kappa shape index (κ3) is 4.19. The van der Waals surface area contributed by atoms with Crippen LogP contribution in [0.25, 0.3) is 0 Å². The molecule has 9 heteroatoms. The van der Waals surface area contributed by atoms with Gasteiger partial charge in [0, 0.05) is 10.6 Å². The molecule has 0 aliphatic carbocycles. The summed E-state index contributed by atoms with van der Waals surface area (Å²) in [6.45, 7) is 3.25. The summed E-state index contributed by atoms with van der Waals surface area (Å²) >= 11 is 5.63. The summed E-state index contributed by atoms with van der Waals surface area (Å²) in [5, 5.41) is 21.8. The smallest absolute Gasteiger partial charge is 0.241 e. The Morgan fingerprint density at radius 3 is 2.36 bits per heavy atom. The second kappa shape index (κ2) is 7.08. The van der Waals surface area contributed by atoms with Crippen LogP contribution in [-0.2, 0) is 14.8 Å². The third-order valence-corrected chi connectivity index (χ3v) is 4.99. The van der Waals surface area contributed by atoms with Crippen molar-refractivity contribution in [3.05, 3.63) is 28.8 Å². The van der Waals surface area contributed by atoms with Crippen molar-refractivity contribution in [2.24, 2.45) is 5.92 Å². The normalized spacial score (nSPS) is 14.3. The molecule has 0 aliphatic heterocycles. The zero-order valence-electron chi connectivity index (χ0n) is 11.8. The van der Waals surface area contributed by atoms with Gasteiger partial charge in [-0.15, -0.1) is 0 Å². The van der Waals surface area contributed by atoms with Crippen LogP contribution in [0.2, 0.25) is 5.02 Å². The van der Waals surface area contributed by atoms with Crippen LogP contribution in [0.1, 0.15) is 30.6 Å². The van der Waals surface area contributed by atoms with Gasteiger partial charge in [-0.2, -0.15) is 0 Å². The number of aliphatic carboxylic acids is 1. The van der Waals surface area contributed by atoms with Gasteiger partial charge in [0.15, 0.2) is 0 Å². The van der Waals surface area contributed by atoms with Gasteiger partial charge in [-0.1, -0.05) is 31.9 Å². The molecule has 7 nitrogen and oxygen atoms in total. The largest absolute Gasteiger partial charge is 0.548 e. The topological polar surface area (TPSA) is 126 Å². The van der Waals surface area contributed by atoms with E-state index in [0.29, 0.717) is 6.42 Å². The average Bonchev–Trinajstić information content (AvgIpc) is 2.43. The Morgan fingerprint density at radius 2 is 1.91 bits per heavy atom. The lowest BCUT2D eigenvalue weighted by Crippen LogP contribution is -2.51. The van der Waals surface area contributed by atoms with Crippen molar-refractivity contribution in [3.8, 4) is 0 Å². The van der Waals surface area contributed by atoms with Gasteiger partial charge in [-0.25, -0.2) is 13.1 Å². The molecule has 0 radical (unpaired) electrons. The van der Waals surface area contributed by atoms with Gasteiger partial charge in [-0.05, 0) is 24.1 Å². The van der Waals surface area contributed by atoms with E-state index in [9.17, 15) is 28.2 Å². The summed E-state index contributed by atoms with van der Waals surface area (Å²) in [7, 11) is -4.25. The minimum Gasteiger partial charge on any atom is -0.548 e. The predicted molar refractivity (Wildman–Crippen MR) is 74.4 cm³/mol. The van der Waals surface area contributed by atoms with Gasteiger partial charge in [0.05, 0.1) is 22.9 Å². The highest BCUT2D eigenvalue weighted by molar-refractivity contribution is 7.89. The highest BCUT2D eigenvalue weighted by atomic mass is 35.5. The standard InChI is InChI=1S/C13H16ClNO6S/c1-3-7(2)11(13(18)19)15-22(20,21)8-4-5-10(14)9(6-8)12(16)17/h4-7,11,15H,3H2,1-2H3,(H,16,17)(H,18,19)/p-2/t7-,11-/m1/s1. The summed E-state index contributed by atoms with van der Waals surface area (Å²) in [6.07, 6.45) is 0.409. The fourth-order valence-electron chi connectivity index (χ4n) is 1.70. The van der Waals surface area contributed by atoms with Gasteiger partial charge >= 0.3 is 0 Å². The Bertz CT molecular complexity index is 688.